The monoisotopic (exact) mass is 286 g/mol. The van der Waals surface area contributed by atoms with Crippen molar-refractivity contribution in [3.05, 3.63) is 34.9 Å². The van der Waals surface area contributed by atoms with E-state index >= 15 is 0 Å². The number of rotatable bonds is 2. The van der Waals surface area contributed by atoms with Crippen LogP contribution in [-0.2, 0) is 4.79 Å². The molecule has 0 saturated carbocycles. The van der Waals surface area contributed by atoms with Crippen molar-refractivity contribution in [3.8, 4) is 11.8 Å². The largest absolute Gasteiger partial charge is 0.384 e. The molecule has 0 bridgehead atoms. The fourth-order valence-corrected chi connectivity index (χ4v) is 2.48. The average Bonchev–Trinajstić information content (AvgIpc) is 2.95. The van der Waals surface area contributed by atoms with Crippen molar-refractivity contribution in [2.75, 3.05) is 19.7 Å². The van der Waals surface area contributed by atoms with E-state index in [1.54, 1.807) is 17.0 Å². The van der Waals surface area contributed by atoms with E-state index in [1.165, 1.54) is 0 Å². The average molecular weight is 286 g/mol. The Balaban J connectivity index is 2.22. The molecule has 0 radical (unpaired) electrons. The van der Waals surface area contributed by atoms with E-state index in [-0.39, 0.29) is 24.3 Å². The first-order valence-corrected chi connectivity index (χ1v) is 6.82. The standard InChI is InChI=1S/C16H18N2O3/c1-11-12(5-3-9-19)4-2-6-14(11)16(21)18-8-7-13(10-18)15(17)20/h2,4,6,13,19H,7-10H2,1H3,(H2,17,20). The molecule has 3 N–H and O–H groups in total. The lowest BCUT2D eigenvalue weighted by Gasteiger charge is -2.17. The second-order valence-electron chi connectivity index (χ2n) is 5.08. The molecule has 1 aliphatic heterocycles. The first-order chi connectivity index (χ1) is 10.0. The third-order valence-electron chi connectivity index (χ3n) is 3.74. The number of carbonyl (C=O) groups excluding carboxylic acids is 2. The Bertz CT molecular complexity index is 628. The fraction of sp³-hybridized carbons (Fsp3) is 0.375. The quantitative estimate of drug-likeness (QED) is 0.766. The molecular formula is C16H18N2O3. The van der Waals surface area contributed by atoms with Gasteiger partial charge in [-0.3, -0.25) is 9.59 Å². The van der Waals surface area contributed by atoms with Crippen LogP contribution in [0.4, 0.5) is 0 Å². The number of nitrogens with zero attached hydrogens (tertiary/aromatic N) is 1. The van der Waals surface area contributed by atoms with Crippen LogP contribution in [0, 0.1) is 24.7 Å². The molecule has 5 heteroatoms. The zero-order chi connectivity index (χ0) is 15.4. The Hall–Kier alpha value is -2.32. The summed E-state index contributed by atoms with van der Waals surface area (Å²) in [6.07, 6.45) is 0.615. The maximum atomic E-state index is 12.5. The maximum Gasteiger partial charge on any atom is 0.254 e. The van der Waals surface area contributed by atoms with Crippen LogP contribution in [0.3, 0.4) is 0 Å². The number of amides is 2. The number of likely N-dealkylation sites (tertiary alicyclic amines) is 1. The minimum atomic E-state index is -0.357. The summed E-state index contributed by atoms with van der Waals surface area (Å²) in [6.45, 7) is 2.53. The van der Waals surface area contributed by atoms with Gasteiger partial charge in [0.05, 0.1) is 5.92 Å². The Morgan fingerprint density at radius 3 is 2.86 bits per heavy atom. The van der Waals surface area contributed by atoms with Crippen LogP contribution < -0.4 is 5.73 Å². The van der Waals surface area contributed by atoms with Gasteiger partial charge in [-0.1, -0.05) is 17.9 Å². The SMILES string of the molecule is Cc1c(C#CCO)cccc1C(=O)N1CCC(C(N)=O)C1. The van der Waals surface area contributed by atoms with E-state index in [1.807, 2.05) is 13.0 Å². The molecule has 1 unspecified atom stereocenters. The Labute approximate surface area is 123 Å². The van der Waals surface area contributed by atoms with Gasteiger partial charge in [0.2, 0.25) is 5.91 Å². The Morgan fingerprint density at radius 1 is 1.48 bits per heavy atom. The smallest absolute Gasteiger partial charge is 0.254 e. The van der Waals surface area contributed by atoms with Crippen LogP contribution in [0.1, 0.15) is 27.9 Å². The molecule has 1 aromatic rings. The maximum absolute atomic E-state index is 12.5. The highest BCUT2D eigenvalue weighted by Gasteiger charge is 2.30. The van der Waals surface area contributed by atoms with Gasteiger partial charge in [-0.2, -0.15) is 0 Å². The van der Waals surface area contributed by atoms with Crippen LogP contribution in [0.25, 0.3) is 0 Å². The van der Waals surface area contributed by atoms with E-state index in [9.17, 15) is 9.59 Å². The third kappa shape index (κ3) is 3.23. The summed E-state index contributed by atoms with van der Waals surface area (Å²) in [5, 5.41) is 8.76. The summed E-state index contributed by atoms with van der Waals surface area (Å²) in [5.74, 6) is 4.69. The van der Waals surface area contributed by atoms with E-state index in [2.05, 4.69) is 11.8 Å². The lowest BCUT2D eigenvalue weighted by Crippen LogP contribution is -2.32. The fourth-order valence-electron chi connectivity index (χ4n) is 2.48. The van der Waals surface area contributed by atoms with Crippen LogP contribution in [0.2, 0.25) is 0 Å². The van der Waals surface area contributed by atoms with Gasteiger partial charge in [0.1, 0.15) is 6.61 Å². The summed E-state index contributed by atoms with van der Waals surface area (Å²) in [7, 11) is 0. The van der Waals surface area contributed by atoms with E-state index in [0.717, 1.165) is 11.1 Å². The van der Waals surface area contributed by atoms with E-state index in [0.29, 0.717) is 25.1 Å². The molecule has 0 aliphatic carbocycles. The highest BCUT2D eigenvalue weighted by Crippen LogP contribution is 2.21. The lowest BCUT2D eigenvalue weighted by molar-refractivity contribution is -0.121. The van der Waals surface area contributed by atoms with Crippen molar-refractivity contribution in [1.29, 1.82) is 0 Å². The number of benzene rings is 1. The van der Waals surface area contributed by atoms with E-state index in [4.69, 9.17) is 10.8 Å². The summed E-state index contributed by atoms with van der Waals surface area (Å²) < 4.78 is 0. The van der Waals surface area contributed by atoms with Gasteiger partial charge in [0.15, 0.2) is 0 Å². The highest BCUT2D eigenvalue weighted by atomic mass is 16.2. The van der Waals surface area contributed by atoms with Gasteiger partial charge in [0, 0.05) is 24.2 Å². The van der Waals surface area contributed by atoms with Crippen molar-refractivity contribution in [1.82, 2.24) is 4.90 Å². The van der Waals surface area contributed by atoms with Crippen LogP contribution >= 0.6 is 0 Å². The number of aliphatic hydroxyl groups excluding tert-OH is 1. The topological polar surface area (TPSA) is 83.6 Å². The normalized spacial score (nSPS) is 17.2. The summed E-state index contributed by atoms with van der Waals surface area (Å²) in [4.78, 5) is 25.4. The molecule has 0 spiro atoms. The number of nitrogens with two attached hydrogens (primary N) is 1. The Kier molecular flexibility index (Phi) is 4.61. The molecule has 1 aromatic carbocycles. The minimum Gasteiger partial charge on any atom is -0.384 e. The summed E-state index contributed by atoms with van der Waals surface area (Å²) in [6, 6.07) is 5.33. The molecule has 21 heavy (non-hydrogen) atoms. The summed E-state index contributed by atoms with van der Waals surface area (Å²) in [5.41, 5.74) is 7.37. The molecule has 1 heterocycles. The molecule has 5 nitrogen and oxygen atoms in total. The van der Waals surface area contributed by atoms with Crippen molar-refractivity contribution in [2.24, 2.45) is 11.7 Å². The van der Waals surface area contributed by atoms with Crippen LogP contribution in [-0.4, -0.2) is 41.5 Å². The molecule has 2 rings (SSSR count). The van der Waals surface area contributed by atoms with Gasteiger partial charge >= 0.3 is 0 Å². The van der Waals surface area contributed by atoms with Crippen molar-refractivity contribution >= 4 is 11.8 Å². The van der Waals surface area contributed by atoms with Crippen molar-refractivity contribution < 1.29 is 14.7 Å². The predicted molar refractivity (Wildman–Crippen MR) is 78.3 cm³/mol. The van der Waals surface area contributed by atoms with Gasteiger partial charge in [-0.05, 0) is 31.0 Å². The number of hydrogen-bond donors (Lipinski definition) is 2. The molecule has 0 aromatic heterocycles. The molecule has 110 valence electrons. The number of aliphatic hydroxyl groups is 1. The third-order valence-corrected chi connectivity index (χ3v) is 3.74. The molecule has 1 fully saturated rings. The number of carbonyl (C=O) groups is 2. The van der Waals surface area contributed by atoms with Gasteiger partial charge in [0.25, 0.3) is 5.91 Å². The zero-order valence-electron chi connectivity index (χ0n) is 11.9. The van der Waals surface area contributed by atoms with Gasteiger partial charge in [-0.25, -0.2) is 0 Å². The second kappa shape index (κ2) is 6.42. The number of hydrogen-bond acceptors (Lipinski definition) is 3. The molecule has 2 amide bonds. The Morgan fingerprint density at radius 2 is 2.24 bits per heavy atom. The van der Waals surface area contributed by atoms with Gasteiger partial charge in [-0.15, -0.1) is 0 Å². The van der Waals surface area contributed by atoms with Crippen LogP contribution in [0.15, 0.2) is 18.2 Å². The molecule has 1 saturated heterocycles. The number of primary amides is 1. The van der Waals surface area contributed by atoms with Gasteiger partial charge < -0.3 is 15.7 Å². The predicted octanol–water partition coefficient (Wildman–Crippen LogP) is 0.286. The molecule has 1 atom stereocenters. The van der Waals surface area contributed by atoms with Crippen molar-refractivity contribution in [3.63, 3.8) is 0 Å². The first kappa shape index (κ1) is 15.1. The second-order valence-corrected chi connectivity index (χ2v) is 5.08. The van der Waals surface area contributed by atoms with Crippen LogP contribution in [0.5, 0.6) is 0 Å². The lowest BCUT2D eigenvalue weighted by atomic mass is 10.0. The molecule has 1 aliphatic rings. The highest BCUT2D eigenvalue weighted by molar-refractivity contribution is 5.96. The molecular weight excluding hydrogens is 268 g/mol. The minimum absolute atomic E-state index is 0.108. The van der Waals surface area contributed by atoms with Crippen molar-refractivity contribution in [2.45, 2.75) is 13.3 Å². The first-order valence-electron chi connectivity index (χ1n) is 6.82. The summed E-state index contributed by atoms with van der Waals surface area (Å²) >= 11 is 0. The zero-order valence-corrected chi connectivity index (χ0v) is 11.9. The van der Waals surface area contributed by atoms with E-state index < -0.39 is 0 Å².